The maximum Gasteiger partial charge on any atom is 0.119 e. The Morgan fingerprint density at radius 1 is 0.905 bits per heavy atom. The first-order valence-corrected chi connectivity index (χ1v) is 8.77. The summed E-state index contributed by atoms with van der Waals surface area (Å²) in [5.74, 6) is 4.78. The molecule has 0 saturated heterocycles. The largest absolute Gasteiger partial charge is 0.490 e. The summed E-state index contributed by atoms with van der Waals surface area (Å²) in [6.07, 6.45) is 9.84. The zero-order valence-electron chi connectivity index (χ0n) is 12.8. The van der Waals surface area contributed by atoms with Crippen molar-refractivity contribution in [2.24, 2.45) is 29.4 Å². The molecule has 0 spiro atoms. The fourth-order valence-corrected chi connectivity index (χ4v) is 5.27. The highest BCUT2D eigenvalue weighted by Crippen LogP contribution is 2.54. The van der Waals surface area contributed by atoms with Crippen LogP contribution in [-0.4, -0.2) is 12.6 Å². The molecule has 4 bridgehead atoms. The second-order valence-corrected chi connectivity index (χ2v) is 7.55. The lowest BCUT2D eigenvalue weighted by Gasteiger charge is -2.53. The molecule has 0 aliphatic heterocycles. The van der Waals surface area contributed by atoms with Crippen molar-refractivity contribution in [3.63, 3.8) is 0 Å². The molecule has 1 aromatic rings. The van der Waals surface area contributed by atoms with E-state index in [1.165, 1.54) is 37.7 Å². The van der Waals surface area contributed by atoms with Gasteiger partial charge in [-0.15, -0.1) is 0 Å². The van der Waals surface area contributed by atoms with E-state index in [1.54, 1.807) is 0 Å². The highest BCUT2D eigenvalue weighted by molar-refractivity contribution is 5.28. The average Bonchev–Trinajstić information content (AvgIpc) is 2.49. The number of nitrogens with two attached hydrogens (primary N) is 1. The zero-order chi connectivity index (χ0) is 14.2. The molecule has 2 N–H and O–H groups in total. The molecule has 5 rings (SSSR count). The van der Waals surface area contributed by atoms with Crippen molar-refractivity contribution in [2.75, 3.05) is 6.54 Å². The zero-order valence-corrected chi connectivity index (χ0v) is 12.8. The Balaban J connectivity index is 1.41. The summed E-state index contributed by atoms with van der Waals surface area (Å²) < 4.78 is 6.43. The third-order valence-corrected chi connectivity index (χ3v) is 6.01. The summed E-state index contributed by atoms with van der Waals surface area (Å²) in [7, 11) is 0. The van der Waals surface area contributed by atoms with Crippen molar-refractivity contribution >= 4 is 0 Å². The second kappa shape index (κ2) is 5.64. The lowest BCUT2D eigenvalue weighted by Crippen LogP contribution is -2.50. The smallest absolute Gasteiger partial charge is 0.119 e. The minimum atomic E-state index is 0.493. The Morgan fingerprint density at radius 2 is 1.52 bits per heavy atom. The summed E-state index contributed by atoms with van der Waals surface area (Å²) in [6.45, 7) is 0.770. The molecule has 0 aromatic heterocycles. The van der Waals surface area contributed by atoms with Crippen LogP contribution in [0.15, 0.2) is 24.3 Å². The van der Waals surface area contributed by atoms with E-state index in [0.717, 1.165) is 48.8 Å². The second-order valence-electron chi connectivity index (χ2n) is 7.55. The molecule has 0 heterocycles. The van der Waals surface area contributed by atoms with Crippen molar-refractivity contribution in [2.45, 2.75) is 51.0 Å². The molecule has 1 aromatic carbocycles. The summed E-state index contributed by atoms with van der Waals surface area (Å²) >= 11 is 0. The van der Waals surface area contributed by atoms with Crippen LogP contribution in [0.4, 0.5) is 0 Å². The van der Waals surface area contributed by atoms with E-state index in [1.807, 2.05) is 0 Å². The number of hydrogen-bond donors (Lipinski definition) is 1. The van der Waals surface area contributed by atoms with Crippen LogP contribution in [0.5, 0.6) is 5.75 Å². The normalized spacial score (nSPS) is 36.9. The van der Waals surface area contributed by atoms with Crippen LogP contribution in [0.25, 0.3) is 0 Å². The van der Waals surface area contributed by atoms with Crippen molar-refractivity contribution in [1.82, 2.24) is 0 Å². The van der Waals surface area contributed by atoms with Gasteiger partial charge in [-0.2, -0.15) is 0 Å². The molecule has 4 fully saturated rings. The van der Waals surface area contributed by atoms with Crippen molar-refractivity contribution < 1.29 is 4.74 Å². The molecule has 0 atom stereocenters. The van der Waals surface area contributed by atoms with Gasteiger partial charge in [-0.3, -0.25) is 0 Å². The fourth-order valence-electron chi connectivity index (χ4n) is 5.27. The van der Waals surface area contributed by atoms with Gasteiger partial charge in [-0.1, -0.05) is 12.1 Å². The Bertz CT molecular complexity index is 453. The first-order chi connectivity index (χ1) is 10.3. The van der Waals surface area contributed by atoms with Gasteiger partial charge in [0.25, 0.3) is 0 Å². The standard InChI is InChI=1S/C19H27NO/c20-7-1-2-13-3-5-18(6-4-13)21-19-16-9-14-8-15(11-16)12-17(19)10-14/h3-6,14-17,19H,1-2,7-12,20H2. The number of rotatable bonds is 5. The third kappa shape index (κ3) is 2.70. The molecule has 21 heavy (non-hydrogen) atoms. The quantitative estimate of drug-likeness (QED) is 0.893. The monoisotopic (exact) mass is 285 g/mol. The Labute approximate surface area is 128 Å². The third-order valence-electron chi connectivity index (χ3n) is 6.01. The van der Waals surface area contributed by atoms with Crippen LogP contribution in [0.3, 0.4) is 0 Å². The number of benzene rings is 1. The number of hydrogen-bond acceptors (Lipinski definition) is 2. The fraction of sp³-hybridized carbons (Fsp3) is 0.684. The molecule has 0 unspecified atom stereocenters. The maximum absolute atomic E-state index is 6.43. The van der Waals surface area contributed by atoms with Crippen LogP contribution in [0, 0.1) is 23.7 Å². The summed E-state index contributed by atoms with van der Waals surface area (Å²) in [4.78, 5) is 0. The molecule has 4 aliphatic rings. The summed E-state index contributed by atoms with van der Waals surface area (Å²) in [6, 6.07) is 8.75. The number of ether oxygens (including phenoxy) is 1. The molecule has 0 radical (unpaired) electrons. The van der Waals surface area contributed by atoms with Crippen LogP contribution >= 0.6 is 0 Å². The van der Waals surface area contributed by atoms with E-state index in [2.05, 4.69) is 24.3 Å². The van der Waals surface area contributed by atoms with E-state index in [-0.39, 0.29) is 0 Å². The van der Waals surface area contributed by atoms with E-state index in [0.29, 0.717) is 6.10 Å². The maximum atomic E-state index is 6.43. The van der Waals surface area contributed by atoms with E-state index >= 15 is 0 Å². The van der Waals surface area contributed by atoms with Gasteiger partial charge in [0, 0.05) is 0 Å². The van der Waals surface area contributed by atoms with Gasteiger partial charge in [0.05, 0.1) is 0 Å². The molecule has 0 amide bonds. The summed E-state index contributed by atoms with van der Waals surface area (Å²) in [5.41, 5.74) is 6.95. The predicted molar refractivity (Wildman–Crippen MR) is 85.3 cm³/mol. The highest BCUT2D eigenvalue weighted by atomic mass is 16.5. The first kappa shape index (κ1) is 13.6. The minimum Gasteiger partial charge on any atom is -0.490 e. The molecule has 2 nitrogen and oxygen atoms in total. The van der Waals surface area contributed by atoms with Crippen molar-refractivity contribution in [3.8, 4) is 5.75 Å². The Kier molecular flexibility index (Phi) is 3.66. The van der Waals surface area contributed by atoms with E-state index < -0.39 is 0 Å². The topological polar surface area (TPSA) is 35.2 Å². The number of aryl methyl sites for hydroxylation is 1. The summed E-state index contributed by atoms with van der Waals surface area (Å²) in [5, 5.41) is 0. The van der Waals surface area contributed by atoms with Gasteiger partial charge in [0.1, 0.15) is 11.9 Å². The highest BCUT2D eigenvalue weighted by Gasteiger charge is 2.49. The molecule has 4 aliphatic carbocycles. The SMILES string of the molecule is NCCCc1ccc(OC2C3CC4CC(C3)CC2C4)cc1. The van der Waals surface area contributed by atoms with Crippen LogP contribution < -0.4 is 10.5 Å². The Hall–Kier alpha value is -1.02. The lowest BCUT2D eigenvalue weighted by molar-refractivity contribution is -0.0789. The van der Waals surface area contributed by atoms with E-state index in [9.17, 15) is 0 Å². The molecule has 4 saturated carbocycles. The van der Waals surface area contributed by atoms with Gasteiger partial charge in [0.15, 0.2) is 0 Å². The molecular weight excluding hydrogens is 258 g/mol. The Morgan fingerprint density at radius 3 is 2.10 bits per heavy atom. The van der Waals surface area contributed by atoms with E-state index in [4.69, 9.17) is 10.5 Å². The van der Waals surface area contributed by atoms with Crippen LogP contribution in [-0.2, 0) is 6.42 Å². The lowest BCUT2D eigenvalue weighted by atomic mass is 9.55. The van der Waals surface area contributed by atoms with Gasteiger partial charge >= 0.3 is 0 Å². The van der Waals surface area contributed by atoms with Crippen molar-refractivity contribution in [3.05, 3.63) is 29.8 Å². The first-order valence-electron chi connectivity index (χ1n) is 8.77. The minimum absolute atomic E-state index is 0.493. The predicted octanol–water partition coefficient (Wildman–Crippen LogP) is 3.78. The van der Waals surface area contributed by atoms with Gasteiger partial charge in [-0.25, -0.2) is 0 Å². The van der Waals surface area contributed by atoms with Gasteiger partial charge in [0.2, 0.25) is 0 Å². The van der Waals surface area contributed by atoms with Crippen molar-refractivity contribution in [1.29, 1.82) is 0 Å². The molecule has 2 heteroatoms. The van der Waals surface area contributed by atoms with Crippen LogP contribution in [0.2, 0.25) is 0 Å². The molecule has 114 valence electrons. The molecular formula is C19H27NO. The van der Waals surface area contributed by atoms with Gasteiger partial charge in [-0.05, 0) is 92.9 Å². The van der Waals surface area contributed by atoms with Crippen LogP contribution in [0.1, 0.15) is 44.1 Å². The average molecular weight is 285 g/mol. The van der Waals surface area contributed by atoms with Gasteiger partial charge < -0.3 is 10.5 Å².